The summed E-state index contributed by atoms with van der Waals surface area (Å²) < 4.78 is 13.0. The molecule has 4 nitrogen and oxygen atoms in total. The fraction of sp³-hybridized carbons (Fsp3) is 0.200. The number of aryl methyl sites for hydroxylation is 1. The number of aliphatic imine (C=N–C) groups is 1. The van der Waals surface area contributed by atoms with Crippen molar-refractivity contribution in [1.29, 1.82) is 5.41 Å². The Labute approximate surface area is 97.4 Å². The summed E-state index contributed by atoms with van der Waals surface area (Å²) in [7, 11) is 0. The van der Waals surface area contributed by atoms with Gasteiger partial charge in [-0.25, -0.2) is 4.39 Å². The molecule has 0 unspecified atom stereocenters. The molecule has 86 valence electrons. The second kappa shape index (κ2) is 5.50. The van der Waals surface area contributed by atoms with E-state index in [1.807, 2.05) is 6.92 Å². The third-order valence-corrected chi connectivity index (χ3v) is 2.73. The van der Waals surface area contributed by atoms with E-state index < -0.39 is 0 Å². The number of nitrogens with two attached hydrogens (primary N) is 2. The number of amidine groups is 1. The summed E-state index contributed by atoms with van der Waals surface area (Å²) in [6.45, 7) is 1.89. The molecule has 1 aromatic carbocycles. The first kappa shape index (κ1) is 12.5. The van der Waals surface area contributed by atoms with Crippen molar-refractivity contribution in [2.24, 2.45) is 16.5 Å². The zero-order valence-electron chi connectivity index (χ0n) is 8.83. The number of thioether (sulfide) groups is 1. The minimum absolute atomic E-state index is 0.0173. The molecule has 0 aromatic heterocycles. The van der Waals surface area contributed by atoms with Crippen LogP contribution >= 0.6 is 11.8 Å². The number of halogens is 1. The van der Waals surface area contributed by atoms with Crippen LogP contribution < -0.4 is 11.5 Å². The summed E-state index contributed by atoms with van der Waals surface area (Å²) in [5.41, 5.74) is 12.1. The van der Waals surface area contributed by atoms with E-state index in [2.05, 4.69) is 4.99 Å². The summed E-state index contributed by atoms with van der Waals surface area (Å²) in [5, 5.41) is 7.43. The van der Waals surface area contributed by atoms with E-state index in [1.165, 1.54) is 12.1 Å². The molecule has 0 heterocycles. The van der Waals surface area contributed by atoms with Crippen molar-refractivity contribution in [2.45, 2.75) is 12.7 Å². The standard InChI is InChI=1S/C10H13FN4S/c1-6-2-3-8(11)4-7(6)5-16-10(14)15-9(12)13/h2-4H,5H2,1H3,(H5,12,13,14,15). The van der Waals surface area contributed by atoms with Crippen LogP contribution in [-0.2, 0) is 5.75 Å². The highest BCUT2D eigenvalue weighted by molar-refractivity contribution is 8.13. The zero-order chi connectivity index (χ0) is 12.1. The minimum atomic E-state index is -0.283. The first-order valence-electron chi connectivity index (χ1n) is 4.55. The van der Waals surface area contributed by atoms with Gasteiger partial charge in [-0.05, 0) is 30.2 Å². The van der Waals surface area contributed by atoms with Crippen LogP contribution in [0.5, 0.6) is 0 Å². The predicted octanol–water partition coefficient (Wildman–Crippen LogP) is 1.58. The Morgan fingerprint density at radius 1 is 1.50 bits per heavy atom. The molecular formula is C10H13FN4S. The number of hydrogen-bond acceptors (Lipinski definition) is 2. The van der Waals surface area contributed by atoms with Crippen LogP contribution in [0, 0.1) is 18.2 Å². The summed E-state index contributed by atoms with van der Waals surface area (Å²) in [6.07, 6.45) is 0. The molecule has 0 radical (unpaired) electrons. The fourth-order valence-electron chi connectivity index (χ4n) is 1.09. The van der Waals surface area contributed by atoms with Gasteiger partial charge in [-0.2, -0.15) is 4.99 Å². The molecule has 0 spiro atoms. The number of nitrogens with one attached hydrogen (secondary N) is 1. The molecule has 0 aliphatic rings. The summed E-state index contributed by atoms with van der Waals surface area (Å²) in [4.78, 5) is 3.57. The number of hydrogen-bond donors (Lipinski definition) is 3. The van der Waals surface area contributed by atoms with Crippen LogP contribution in [0.25, 0.3) is 0 Å². The maximum absolute atomic E-state index is 13.0. The SMILES string of the molecule is Cc1ccc(F)cc1CSC(=N)N=C(N)N. The molecule has 6 heteroatoms. The van der Waals surface area contributed by atoms with Crippen LogP contribution in [0.15, 0.2) is 23.2 Å². The summed E-state index contributed by atoms with van der Waals surface area (Å²) in [5.74, 6) is 0.0437. The molecule has 0 atom stereocenters. The second-order valence-corrected chi connectivity index (χ2v) is 4.17. The lowest BCUT2D eigenvalue weighted by molar-refractivity contribution is 0.626. The average molecular weight is 240 g/mol. The van der Waals surface area contributed by atoms with Crippen molar-refractivity contribution >= 4 is 22.9 Å². The highest BCUT2D eigenvalue weighted by Crippen LogP contribution is 2.18. The topological polar surface area (TPSA) is 88.2 Å². The Morgan fingerprint density at radius 2 is 2.19 bits per heavy atom. The molecule has 0 fully saturated rings. The van der Waals surface area contributed by atoms with Crippen LogP contribution in [0.1, 0.15) is 11.1 Å². The molecular weight excluding hydrogens is 227 g/mol. The number of benzene rings is 1. The molecule has 0 bridgehead atoms. The number of guanidine groups is 1. The molecule has 0 aliphatic heterocycles. The third-order valence-electron chi connectivity index (χ3n) is 1.91. The smallest absolute Gasteiger partial charge is 0.193 e. The molecule has 5 N–H and O–H groups in total. The number of nitrogens with zero attached hydrogens (tertiary/aromatic N) is 1. The molecule has 0 saturated heterocycles. The summed E-state index contributed by atoms with van der Waals surface area (Å²) in [6, 6.07) is 4.56. The Bertz CT molecular complexity index is 427. The normalized spacial score (nSPS) is 9.88. The predicted molar refractivity (Wildman–Crippen MR) is 66.0 cm³/mol. The quantitative estimate of drug-likeness (QED) is 0.541. The maximum Gasteiger partial charge on any atom is 0.193 e. The van der Waals surface area contributed by atoms with Crippen molar-refractivity contribution in [1.82, 2.24) is 0 Å². The van der Waals surface area contributed by atoms with E-state index >= 15 is 0 Å². The van der Waals surface area contributed by atoms with Crippen molar-refractivity contribution in [3.63, 3.8) is 0 Å². The van der Waals surface area contributed by atoms with Crippen LogP contribution in [0.2, 0.25) is 0 Å². The van der Waals surface area contributed by atoms with Crippen molar-refractivity contribution in [3.8, 4) is 0 Å². The second-order valence-electron chi connectivity index (χ2n) is 3.20. The van der Waals surface area contributed by atoms with E-state index in [4.69, 9.17) is 16.9 Å². The lowest BCUT2D eigenvalue weighted by Gasteiger charge is -2.04. The van der Waals surface area contributed by atoms with E-state index in [-0.39, 0.29) is 16.9 Å². The van der Waals surface area contributed by atoms with Gasteiger partial charge in [0.25, 0.3) is 0 Å². The fourth-order valence-corrected chi connectivity index (χ4v) is 1.86. The first-order chi connectivity index (χ1) is 7.49. The molecule has 1 aromatic rings. The van der Waals surface area contributed by atoms with E-state index in [1.54, 1.807) is 6.07 Å². The third kappa shape index (κ3) is 3.90. The number of rotatable bonds is 2. The van der Waals surface area contributed by atoms with Crippen molar-refractivity contribution in [2.75, 3.05) is 0 Å². The van der Waals surface area contributed by atoms with Gasteiger partial charge in [-0.3, -0.25) is 5.41 Å². The molecule has 1 rings (SSSR count). The average Bonchev–Trinajstić information content (AvgIpc) is 2.18. The van der Waals surface area contributed by atoms with Gasteiger partial charge in [-0.15, -0.1) is 0 Å². The monoisotopic (exact) mass is 240 g/mol. The van der Waals surface area contributed by atoms with Gasteiger partial charge in [0.15, 0.2) is 11.1 Å². The van der Waals surface area contributed by atoms with Gasteiger partial charge in [0.05, 0.1) is 0 Å². The Morgan fingerprint density at radius 3 is 2.81 bits per heavy atom. The van der Waals surface area contributed by atoms with Crippen LogP contribution in [0.3, 0.4) is 0 Å². The van der Waals surface area contributed by atoms with Crippen molar-refractivity contribution < 1.29 is 4.39 Å². The zero-order valence-corrected chi connectivity index (χ0v) is 9.64. The molecule has 0 saturated carbocycles. The van der Waals surface area contributed by atoms with Gasteiger partial charge in [0, 0.05) is 5.75 Å². The van der Waals surface area contributed by atoms with Gasteiger partial charge in [0.1, 0.15) is 5.82 Å². The molecule has 0 aliphatic carbocycles. The minimum Gasteiger partial charge on any atom is -0.370 e. The van der Waals surface area contributed by atoms with E-state index in [0.717, 1.165) is 22.9 Å². The van der Waals surface area contributed by atoms with Gasteiger partial charge >= 0.3 is 0 Å². The van der Waals surface area contributed by atoms with Gasteiger partial charge in [-0.1, -0.05) is 17.8 Å². The lowest BCUT2D eigenvalue weighted by atomic mass is 10.1. The van der Waals surface area contributed by atoms with E-state index in [0.29, 0.717) is 5.75 Å². The van der Waals surface area contributed by atoms with Crippen molar-refractivity contribution in [3.05, 3.63) is 35.1 Å². The van der Waals surface area contributed by atoms with Gasteiger partial charge in [0.2, 0.25) is 0 Å². The summed E-state index contributed by atoms with van der Waals surface area (Å²) >= 11 is 1.15. The van der Waals surface area contributed by atoms with Gasteiger partial charge < -0.3 is 11.5 Å². The Hall–Kier alpha value is -1.56. The van der Waals surface area contributed by atoms with Crippen LogP contribution in [0.4, 0.5) is 4.39 Å². The lowest BCUT2D eigenvalue weighted by Crippen LogP contribution is -2.23. The largest absolute Gasteiger partial charge is 0.370 e. The molecule has 0 amide bonds. The highest BCUT2D eigenvalue weighted by Gasteiger charge is 2.03. The Balaban J connectivity index is 2.64. The molecule has 16 heavy (non-hydrogen) atoms. The van der Waals surface area contributed by atoms with Crippen LogP contribution in [-0.4, -0.2) is 11.1 Å². The Kier molecular flexibility index (Phi) is 4.30. The van der Waals surface area contributed by atoms with E-state index in [9.17, 15) is 4.39 Å². The highest BCUT2D eigenvalue weighted by atomic mass is 32.2. The maximum atomic E-state index is 13.0. The first-order valence-corrected chi connectivity index (χ1v) is 5.53.